The number of rotatable bonds is 4. The van der Waals surface area contributed by atoms with Gasteiger partial charge in [0.25, 0.3) is 0 Å². The SMILES string of the molecule is CN(Cc1cnn(C)c1)c1ccc(CN)nc1. The third-order valence-corrected chi connectivity index (χ3v) is 2.64. The monoisotopic (exact) mass is 231 g/mol. The van der Waals surface area contributed by atoms with Crippen molar-refractivity contribution in [2.75, 3.05) is 11.9 Å². The molecule has 0 amide bonds. The fourth-order valence-electron chi connectivity index (χ4n) is 1.68. The van der Waals surface area contributed by atoms with Gasteiger partial charge in [0, 0.05) is 38.9 Å². The van der Waals surface area contributed by atoms with Crippen molar-refractivity contribution in [1.82, 2.24) is 14.8 Å². The van der Waals surface area contributed by atoms with Crippen LogP contribution in [0.15, 0.2) is 30.7 Å². The van der Waals surface area contributed by atoms with Gasteiger partial charge < -0.3 is 10.6 Å². The molecule has 0 saturated carbocycles. The van der Waals surface area contributed by atoms with E-state index >= 15 is 0 Å². The van der Waals surface area contributed by atoms with Crippen molar-refractivity contribution in [3.63, 3.8) is 0 Å². The fraction of sp³-hybridized carbons (Fsp3) is 0.333. The van der Waals surface area contributed by atoms with Crippen LogP contribution in [-0.4, -0.2) is 21.8 Å². The van der Waals surface area contributed by atoms with Gasteiger partial charge in [-0.1, -0.05) is 0 Å². The molecule has 0 aromatic carbocycles. The van der Waals surface area contributed by atoms with Crippen LogP contribution < -0.4 is 10.6 Å². The maximum Gasteiger partial charge on any atom is 0.0553 e. The Morgan fingerprint density at radius 1 is 1.35 bits per heavy atom. The molecule has 0 aliphatic heterocycles. The second kappa shape index (κ2) is 4.97. The van der Waals surface area contributed by atoms with Crippen molar-refractivity contribution in [3.8, 4) is 0 Å². The van der Waals surface area contributed by atoms with E-state index < -0.39 is 0 Å². The molecule has 0 saturated heterocycles. The largest absolute Gasteiger partial charge is 0.369 e. The molecular weight excluding hydrogens is 214 g/mol. The topological polar surface area (TPSA) is 60.0 Å². The molecule has 0 aliphatic rings. The highest BCUT2D eigenvalue weighted by molar-refractivity contribution is 5.44. The summed E-state index contributed by atoms with van der Waals surface area (Å²) in [4.78, 5) is 6.41. The quantitative estimate of drug-likeness (QED) is 0.849. The number of aromatic nitrogens is 3. The van der Waals surface area contributed by atoms with Crippen molar-refractivity contribution in [2.24, 2.45) is 12.8 Å². The Balaban J connectivity index is 2.06. The average Bonchev–Trinajstić information content (AvgIpc) is 2.75. The van der Waals surface area contributed by atoms with Crippen LogP contribution in [0.1, 0.15) is 11.3 Å². The second-order valence-corrected chi connectivity index (χ2v) is 4.09. The smallest absolute Gasteiger partial charge is 0.0553 e. The van der Waals surface area contributed by atoms with Gasteiger partial charge in [-0.3, -0.25) is 9.67 Å². The highest BCUT2D eigenvalue weighted by Crippen LogP contribution is 2.14. The van der Waals surface area contributed by atoms with E-state index in [0.717, 1.165) is 17.9 Å². The minimum atomic E-state index is 0.479. The van der Waals surface area contributed by atoms with Crippen LogP contribution in [0.2, 0.25) is 0 Å². The molecule has 0 unspecified atom stereocenters. The van der Waals surface area contributed by atoms with Crippen molar-refractivity contribution >= 4 is 5.69 Å². The molecule has 0 aliphatic carbocycles. The number of nitrogens with zero attached hydrogens (tertiary/aromatic N) is 4. The van der Waals surface area contributed by atoms with Crippen LogP contribution in [-0.2, 0) is 20.1 Å². The number of aryl methyl sites for hydroxylation is 1. The highest BCUT2D eigenvalue weighted by Gasteiger charge is 2.04. The number of hydrogen-bond donors (Lipinski definition) is 1. The van der Waals surface area contributed by atoms with Gasteiger partial charge in [0.05, 0.1) is 23.8 Å². The summed E-state index contributed by atoms with van der Waals surface area (Å²) in [7, 11) is 3.95. The zero-order valence-electron chi connectivity index (χ0n) is 10.2. The zero-order chi connectivity index (χ0) is 12.3. The first-order valence-corrected chi connectivity index (χ1v) is 5.52. The predicted octanol–water partition coefficient (Wildman–Crippen LogP) is 0.910. The summed E-state index contributed by atoms with van der Waals surface area (Å²) in [6.07, 6.45) is 5.73. The molecule has 2 N–H and O–H groups in total. The first kappa shape index (κ1) is 11.6. The normalized spacial score (nSPS) is 10.5. The molecule has 0 fully saturated rings. The Morgan fingerprint density at radius 3 is 2.71 bits per heavy atom. The number of pyridine rings is 1. The molecule has 17 heavy (non-hydrogen) atoms. The van der Waals surface area contributed by atoms with E-state index in [-0.39, 0.29) is 0 Å². The minimum Gasteiger partial charge on any atom is -0.369 e. The lowest BCUT2D eigenvalue weighted by molar-refractivity contribution is 0.766. The molecule has 0 radical (unpaired) electrons. The summed E-state index contributed by atoms with van der Waals surface area (Å²) in [6, 6.07) is 3.99. The lowest BCUT2D eigenvalue weighted by atomic mass is 10.3. The molecule has 5 heteroatoms. The van der Waals surface area contributed by atoms with Crippen molar-refractivity contribution in [1.29, 1.82) is 0 Å². The van der Waals surface area contributed by atoms with Crippen molar-refractivity contribution in [3.05, 3.63) is 42.0 Å². The van der Waals surface area contributed by atoms with E-state index in [4.69, 9.17) is 5.73 Å². The van der Waals surface area contributed by atoms with Crippen LogP contribution in [0.5, 0.6) is 0 Å². The van der Waals surface area contributed by atoms with Gasteiger partial charge in [-0.15, -0.1) is 0 Å². The highest BCUT2D eigenvalue weighted by atomic mass is 15.2. The lowest BCUT2D eigenvalue weighted by Crippen LogP contribution is -2.16. The molecule has 0 spiro atoms. The molecule has 0 bridgehead atoms. The predicted molar refractivity (Wildman–Crippen MR) is 67.4 cm³/mol. The van der Waals surface area contributed by atoms with Gasteiger partial charge >= 0.3 is 0 Å². The Labute approximate surface area is 101 Å². The minimum absolute atomic E-state index is 0.479. The van der Waals surface area contributed by atoms with Gasteiger partial charge in [0.2, 0.25) is 0 Å². The van der Waals surface area contributed by atoms with Crippen LogP contribution in [0, 0.1) is 0 Å². The third-order valence-electron chi connectivity index (χ3n) is 2.64. The summed E-state index contributed by atoms with van der Waals surface area (Å²) in [5.41, 5.74) is 8.67. The van der Waals surface area contributed by atoms with E-state index in [1.807, 2.05) is 44.8 Å². The van der Waals surface area contributed by atoms with Crippen LogP contribution in [0.3, 0.4) is 0 Å². The first-order valence-electron chi connectivity index (χ1n) is 5.52. The maximum absolute atomic E-state index is 5.52. The van der Waals surface area contributed by atoms with Crippen molar-refractivity contribution < 1.29 is 0 Å². The molecule has 0 atom stereocenters. The molecule has 2 aromatic heterocycles. The molecule has 90 valence electrons. The standard InChI is InChI=1S/C12H17N5/c1-16(8-10-6-15-17(2)9-10)12-4-3-11(5-13)14-7-12/h3-4,6-7,9H,5,8,13H2,1-2H3. The molecule has 2 aromatic rings. The summed E-state index contributed by atoms with van der Waals surface area (Å²) in [5, 5.41) is 4.15. The van der Waals surface area contributed by atoms with Gasteiger partial charge in [-0.05, 0) is 12.1 Å². The Morgan fingerprint density at radius 2 is 2.18 bits per heavy atom. The van der Waals surface area contributed by atoms with Gasteiger partial charge in [0.1, 0.15) is 0 Å². The van der Waals surface area contributed by atoms with E-state index in [1.54, 1.807) is 4.68 Å². The summed E-state index contributed by atoms with van der Waals surface area (Å²) < 4.78 is 1.80. The molecule has 2 rings (SSSR count). The Kier molecular flexibility index (Phi) is 3.39. The van der Waals surface area contributed by atoms with Crippen LogP contribution in [0.25, 0.3) is 0 Å². The summed E-state index contributed by atoms with van der Waals surface area (Å²) in [5.74, 6) is 0. The third kappa shape index (κ3) is 2.82. The molecule has 5 nitrogen and oxygen atoms in total. The second-order valence-electron chi connectivity index (χ2n) is 4.09. The first-order chi connectivity index (χ1) is 8.19. The van der Waals surface area contributed by atoms with Gasteiger partial charge in [0.15, 0.2) is 0 Å². The van der Waals surface area contributed by atoms with Gasteiger partial charge in [-0.2, -0.15) is 5.10 Å². The van der Waals surface area contributed by atoms with E-state index in [0.29, 0.717) is 6.54 Å². The maximum atomic E-state index is 5.52. The van der Waals surface area contributed by atoms with Gasteiger partial charge in [-0.25, -0.2) is 0 Å². The molecule has 2 heterocycles. The summed E-state index contributed by atoms with van der Waals surface area (Å²) in [6.45, 7) is 1.30. The number of nitrogens with two attached hydrogens (primary N) is 1. The number of anilines is 1. The Hall–Kier alpha value is -1.88. The van der Waals surface area contributed by atoms with E-state index in [1.165, 1.54) is 5.56 Å². The zero-order valence-corrected chi connectivity index (χ0v) is 10.2. The van der Waals surface area contributed by atoms with Crippen molar-refractivity contribution in [2.45, 2.75) is 13.1 Å². The van der Waals surface area contributed by atoms with Crippen LogP contribution in [0.4, 0.5) is 5.69 Å². The van der Waals surface area contributed by atoms with E-state index in [2.05, 4.69) is 15.0 Å². The Bertz CT molecular complexity index is 474. The summed E-state index contributed by atoms with van der Waals surface area (Å²) >= 11 is 0. The average molecular weight is 231 g/mol. The lowest BCUT2D eigenvalue weighted by Gasteiger charge is -2.18. The van der Waals surface area contributed by atoms with Crippen LogP contribution >= 0.6 is 0 Å². The number of hydrogen-bond acceptors (Lipinski definition) is 4. The van der Waals surface area contributed by atoms with E-state index in [9.17, 15) is 0 Å². The molecular formula is C12H17N5. The fourth-order valence-corrected chi connectivity index (χ4v) is 1.68.